The third-order valence-corrected chi connectivity index (χ3v) is 2.72. The number of carbonyl (C=O) groups excluding carboxylic acids is 1. The molecule has 4 heteroatoms. The Hall–Kier alpha value is -1.71. The maximum atomic E-state index is 11.6. The first kappa shape index (κ1) is 10.8. The van der Waals surface area contributed by atoms with Crippen LogP contribution in [0.15, 0.2) is 23.5 Å². The molecule has 0 bridgehead atoms. The lowest BCUT2D eigenvalue weighted by molar-refractivity contribution is -0.122. The number of nitrogens with zero attached hydrogens (tertiary/aromatic N) is 2. The van der Waals surface area contributed by atoms with E-state index in [9.17, 15) is 4.79 Å². The predicted octanol–water partition coefficient (Wildman–Crippen LogP) is 1.30. The zero-order valence-electron chi connectivity index (χ0n) is 9.74. The van der Waals surface area contributed by atoms with Crippen molar-refractivity contribution in [3.63, 3.8) is 0 Å². The van der Waals surface area contributed by atoms with Gasteiger partial charge in [0.2, 0.25) is 0 Å². The van der Waals surface area contributed by atoms with Crippen LogP contribution in [0.1, 0.15) is 31.9 Å². The fourth-order valence-electron chi connectivity index (χ4n) is 1.69. The molecule has 0 radical (unpaired) electrons. The van der Waals surface area contributed by atoms with E-state index in [4.69, 9.17) is 0 Å². The summed E-state index contributed by atoms with van der Waals surface area (Å²) in [5.74, 6) is 0.607. The van der Waals surface area contributed by atoms with Crippen molar-refractivity contribution in [1.29, 1.82) is 0 Å². The Balaban J connectivity index is 2.44. The van der Waals surface area contributed by atoms with Gasteiger partial charge in [-0.3, -0.25) is 14.8 Å². The SMILES string of the molecule is CCc1cnccc1C1=NC(C)(C)C(=O)N1. The normalized spacial score (nSPS) is 18.2. The number of hydrogen-bond acceptors (Lipinski definition) is 3. The van der Waals surface area contributed by atoms with Crippen LogP contribution >= 0.6 is 0 Å². The molecule has 16 heavy (non-hydrogen) atoms. The monoisotopic (exact) mass is 217 g/mol. The van der Waals surface area contributed by atoms with Crippen molar-refractivity contribution in [2.24, 2.45) is 4.99 Å². The van der Waals surface area contributed by atoms with E-state index in [2.05, 4.69) is 22.2 Å². The van der Waals surface area contributed by atoms with E-state index in [-0.39, 0.29) is 5.91 Å². The Morgan fingerprint density at radius 2 is 2.19 bits per heavy atom. The van der Waals surface area contributed by atoms with E-state index in [1.54, 1.807) is 6.20 Å². The molecule has 0 aromatic carbocycles. The molecule has 0 spiro atoms. The molecule has 1 N–H and O–H groups in total. The molecule has 2 rings (SSSR count). The Bertz CT molecular complexity index is 463. The first-order valence-corrected chi connectivity index (χ1v) is 5.39. The second kappa shape index (κ2) is 3.70. The Kier molecular flexibility index (Phi) is 2.50. The number of nitrogens with one attached hydrogen (secondary N) is 1. The number of rotatable bonds is 2. The van der Waals surface area contributed by atoms with Gasteiger partial charge in [0.15, 0.2) is 0 Å². The third kappa shape index (κ3) is 1.71. The van der Waals surface area contributed by atoms with Gasteiger partial charge in [-0.15, -0.1) is 0 Å². The summed E-state index contributed by atoms with van der Waals surface area (Å²) in [6, 6.07) is 1.89. The highest BCUT2D eigenvalue weighted by atomic mass is 16.2. The molecule has 4 nitrogen and oxygen atoms in total. The van der Waals surface area contributed by atoms with E-state index in [1.807, 2.05) is 26.1 Å². The maximum Gasteiger partial charge on any atom is 0.252 e. The molecule has 84 valence electrons. The summed E-state index contributed by atoms with van der Waals surface area (Å²) in [5.41, 5.74) is 1.40. The topological polar surface area (TPSA) is 54.4 Å². The Morgan fingerprint density at radius 3 is 2.75 bits per heavy atom. The fraction of sp³-hybridized carbons (Fsp3) is 0.417. The van der Waals surface area contributed by atoms with Crippen LogP contribution in [-0.4, -0.2) is 22.3 Å². The van der Waals surface area contributed by atoms with Crippen LogP contribution in [0, 0.1) is 0 Å². The summed E-state index contributed by atoms with van der Waals surface area (Å²) in [6.07, 6.45) is 4.41. The number of amidine groups is 1. The van der Waals surface area contributed by atoms with Crippen molar-refractivity contribution in [2.45, 2.75) is 32.7 Å². The quantitative estimate of drug-likeness (QED) is 0.811. The largest absolute Gasteiger partial charge is 0.308 e. The molecule has 0 saturated carbocycles. The smallest absolute Gasteiger partial charge is 0.252 e. The van der Waals surface area contributed by atoms with Crippen LogP contribution in [0.5, 0.6) is 0 Å². The third-order valence-electron chi connectivity index (χ3n) is 2.72. The molecule has 0 atom stereocenters. The molecular formula is C12H15N3O. The lowest BCUT2D eigenvalue weighted by Crippen LogP contribution is -2.34. The van der Waals surface area contributed by atoms with Crippen molar-refractivity contribution in [3.8, 4) is 0 Å². The molecule has 1 amide bonds. The van der Waals surface area contributed by atoms with Crippen LogP contribution in [0.25, 0.3) is 0 Å². The number of aryl methyl sites for hydroxylation is 1. The van der Waals surface area contributed by atoms with Gasteiger partial charge in [0, 0.05) is 18.0 Å². The summed E-state index contributed by atoms with van der Waals surface area (Å²) in [4.78, 5) is 20.1. The minimum Gasteiger partial charge on any atom is -0.308 e. The lowest BCUT2D eigenvalue weighted by atomic mass is 10.1. The molecule has 1 aromatic heterocycles. The zero-order chi connectivity index (χ0) is 11.8. The summed E-state index contributed by atoms with van der Waals surface area (Å²) in [6.45, 7) is 5.67. The summed E-state index contributed by atoms with van der Waals surface area (Å²) < 4.78 is 0. The van der Waals surface area contributed by atoms with E-state index in [0.717, 1.165) is 17.5 Å². The number of pyridine rings is 1. The van der Waals surface area contributed by atoms with E-state index >= 15 is 0 Å². The van der Waals surface area contributed by atoms with Crippen LogP contribution in [0.4, 0.5) is 0 Å². The average Bonchev–Trinajstić information content (AvgIpc) is 2.53. The van der Waals surface area contributed by atoms with Crippen LogP contribution in [0.2, 0.25) is 0 Å². The molecule has 2 heterocycles. The van der Waals surface area contributed by atoms with Gasteiger partial charge in [0.1, 0.15) is 11.4 Å². The van der Waals surface area contributed by atoms with Crippen molar-refractivity contribution >= 4 is 11.7 Å². The molecule has 1 aliphatic heterocycles. The number of aromatic nitrogens is 1. The van der Waals surface area contributed by atoms with Crippen molar-refractivity contribution in [2.75, 3.05) is 0 Å². The highest BCUT2D eigenvalue weighted by Gasteiger charge is 2.34. The van der Waals surface area contributed by atoms with Gasteiger partial charge in [-0.25, -0.2) is 0 Å². The van der Waals surface area contributed by atoms with Crippen molar-refractivity contribution in [3.05, 3.63) is 29.6 Å². The molecule has 0 unspecified atom stereocenters. The van der Waals surface area contributed by atoms with Gasteiger partial charge in [-0.05, 0) is 31.9 Å². The summed E-state index contributed by atoms with van der Waals surface area (Å²) in [7, 11) is 0. The van der Waals surface area contributed by atoms with Crippen LogP contribution < -0.4 is 5.32 Å². The second-order valence-corrected chi connectivity index (χ2v) is 4.36. The molecule has 1 aromatic rings. The second-order valence-electron chi connectivity index (χ2n) is 4.36. The highest BCUT2D eigenvalue weighted by Crippen LogP contribution is 2.19. The number of hydrogen-bond donors (Lipinski definition) is 1. The molecule has 0 aliphatic carbocycles. The molecule has 1 aliphatic rings. The van der Waals surface area contributed by atoms with Gasteiger partial charge in [-0.2, -0.15) is 0 Å². The number of carbonyl (C=O) groups is 1. The van der Waals surface area contributed by atoms with Gasteiger partial charge < -0.3 is 5.32 Å². The van der Waals surface area contributed by atoms with Gasteiger partial charge >= 0.3 is 0 Å². The molecule has 0 saturated heterocycles. The Labute approximate surface area is 94.8 Å². The molecule has 0 fully saturated rings. The lowest BCUT2D eigenvalue weighted by Gasteiger charge is -2.07. The maximum absolute atomic E-state index is 11.6. The number of amides is 1. The number of aliphatic imine (C=N–C) groups is 1. The minimum atomic E-state index is -0.663. The Morgan fingerprint density at radius 1 is 1.44 bits per heavy atom. The van der Waals surface area contributed by atoms with Crippen molar-refractivity contribution < 1.29 is 4.79 Å². The fourth-order valence-corrected chi connectivity index (χ4v) is 1.69. The first-order chi connectivity index (χ1) is 7.54. The molecular weight excluding hydrogens is 202 g/mol. The summed E-state index contributed by atoms with van der Waals surface area (Å²) >= 11 is 0. The van der Waals surface area contributed by atoms with Crippen LogP contribution in [0.3, 0.4) is 0 Å². The minimum absolute atomic E-state index is 0.0543. The zero-order valence-corrected chi connectivity index (χ0v) is 9.74. The standard InChI is InChI=1S/C12H15N3O/c1-4-8-7-13-6-5-9(8)10-14-11(16)12(2,3)15-10/h5-7H,4H2,1-3H3,(H,14,15,16). The van der Waals surface area contributed by atoms with Gasteiger partial charge in [-0.1, -0.05) is 6.92 Å². The predicted molar refractivity (Wildman–Crippen MR) is 62.4 cm³/mol. The highest BCUT2D eigenvalue weighted by molar-refractivity contribution is 6.15. The van der Waals surface area contributed by atoms with E-state index in [0.29, 0.717) is 5.84 Å². The van der Waals surface area contributed by atoms with Gasteiger partial charge in [0.05, 0.1) is 0 Å². The van der Waals surface area contributed by atoms with Gasteiger partial charge in [0.25, 0.3) is 5.91 Å². The van der Waals surface area contributed by atoms with E-state index < -0.39 is 5.54 Å². The summed E-state index contributed by atoms with van der Waals surface area (Å²) in [5, 5.41) is 2.82. The van der Waals surface area contributed by atoms with Crippen LogP contribution in [-0.2, 0) is 11.2 Å². The average molecular weight is 217 g/mol. The first-order valence-electron chi connectivity index (χ1n) is 5.39. The van der Waals surface area contributed by atoms with Crippen molar-refractivity contribution in [1.82, 2.24) is 10.3 Å². The van der Waals surface area contributed by atoms with E-state index in [1.165, 1.54) is 0 Å².